The van der Waals surface area contributed by atoms with Gasteiger partial charge in [-0.1, -0.05) is 16.7 Å². The second kappa shape index (κ2) is 27.4. The van der Waals surface area contributed by atoms with E-state index < -0.39 is 59.5 Å². The van der Waals surface area contributed by atoms with Crippen molar-refractivity contribution in [1.82, 2.24) is 31.1 Å². The molecule has 19 nitrogen and oxygen atoms in total. The first-order valence-electron chi connectivity index (χ1n) is 17.7. The topological polar surface area (TPSA) is 284 Å². The number of aliphatic hydroxyl groups excluding tert-OH is 2. The van der Waals surface area contributed by atoms with Crippen molar-refractivity contribution in [3.63, 3.8) is 0 Å². The molecular weight excluding hydrogens is 768 g/mol. The minimum absolute atomic E-state index is 0. The van der Waals surface area contributed by atoms with Crippen molar-refractivity contribution in [2.45, 2.75) is 104 Å². The summed E-state index contributed by atoms with van der Waals surface area (Å²) < 4.78 is 5.22. The van der Waals surface area contributed by atoms with E-state index in [0.29, 0.717) is 16.7 Å². The molecule has 309 valence electrons. The van der Waals surface area contributed by atoms with E-state index in [4.69, 9.17) is 14.9 Å². The predicted octanol–water partition coefficient (Wildman–Crippen LogP) is 0.329. The maximum atomic E-state index is 12.6. The summed E-state index contributed by atoms with van der Waals surface area (Å²) >= 11 is 0. The molecule has 0 aromatic heterocycles. The van der Waals surface area contributed by atoms with E-state index in [1.54, 1.807) is 20.8 Å². The third kappa shape index (κ3) is 20.9. The van der Waals surface area contributed by atoms with Gasteiger partial charge in [-0.3, -0.25) is 28.8 Å². The summed E-state index contributed by atoms with van der Waals surface area (Å²) in [7, 11) is 0. The third-order valence-corrected chi connectivity index (χ3v) is 8.09. The van der Waals surface area contributed by atoms with Gasteiger partial charge in [0, 0.05) is 64.4 Å². The van der Waals surface area contributed by atoms with Crippen molar-refractivity contribution >= 4 is 41.4 Å². The van der Waals surface area contributed by atoms with Crippen molar-refractivity contribution in [2.24, 2.45) is 0 Å². The smallest absolute Gasteiger partial charge is 0.756 e. The summed E-state index contributed by atoms with van der Waals surface area (Å²) in [4.78, 5) is 85.6. The zero-order valence-electron chi connectivity index (χ0n) is 31.7. The number of esters is 1. The summed E-state index contributed by atoms with van der Waals surface area (Å²) in [5, 5.41) is 62.4. The number of hydroxylamine groups is 6. The molecule has 0 aromatic rings. The first-order chi connectivity index (χ1) is 25.5. The van der Waals surface area contributed by atoms with Crippen LogP contribution in [0.2, 0.25) is 0 Å². The molecule has 1 aliphatic rings. The Kier molecular flexibility index (Phi) is 25.3. The van der Waals surface area contributed by atoms with Crippen LogP contribution in [0.25, 0.3) is 0 Å². The minimum Gasteiger partial charge on any atom is -0.756 e. The van der Waals surface area contributed by atoms with E-state index in [0.717, 1.165) is 18.2 Å². The molecule has 1 heterocycles. The number of nitrogens with one attached hydrogen (secondary N) is 3. The predicted molar refractivity (Wildman–Crippen MR) is 195 cm³/mol. The Morgan fingerprint density at radius 3 is 1.47 bits per heavy atom. The van der Waals surface area contributed by atoms with Crippen LogP contribution in [0.4, 0.5) is 0 Å². The van der Waals surface area contributed by atoms with Crippen LogP contribution in [0, 0.1) is 15.6 Å². The Bertz CT molecular complexity index is 1410. The SMILES string of the molecule is CC(=O)NC(CCCN([O-])C(=O)/C=C(\C)CCO)C(=O)OCC/C(C)=C/C(=O)N([O-])CCCC1NC(=O)C(CCCN([O-])C(=O)/C=C(\C)CCO)NC1=O.[Fe+3]. The minimum atomic E-state index is -1.09. The van der Waals surface area contributed by atoms with E-state index >= 15 is 0 Å². The van der Waals surface area contributed by atoms with Crippen LogP contribution in [0.5, 0.6) is 0 Å². The van der Waals surface area contributed by atoms with Crippen LogP contribution in [-0.4, -0.2) is 124 Å². The molecular formula is C35H53FeN6O13. The largest absolute Gasteiger partial charge is 3.00 e. The monoisotopic (exact) mass is 821 g/mol. The van der Waals surface area contributed by atoms with E-state index in [1.807, 2.05) is 0 Å². The molecule has 0 bridgehead atoms. The molecule has 6 amide bonds. The fraction of sp³-hybridized carbons (Fsp3) is 0.629. The summed E-state index contributed by atoms with van der Waals surface area (Å²) in [6.45, 7) is 4.73. The molecule has 0 aromatic carbocycles. The van der Waals surface area contributed by atoms with Gasteiger partial charge in [-0.15, -0.1) is 0 Å². The van der Waals surface area contributed by atoms with Crippen LogP contribution < -0.4 is 16.0 Å². The number of aliphatic hydroxyl groups is 2. The average molecular weight is 822 g/mol. The standard InChI is InChI=1S/C35H53N6O13.Fe/c1-23(11-17-42)20-30(45)39(51)14-5-8-27-33(48)38-28(34(49)37-27)9-6-15-40(52)32(47)22-25(3)13-19-54-35(50)29(36-26(4)44)10-7-16-41(53)31(46)21-24(2)12-18-43;/h20-22,27-29,42-43H,5-19H2,1-4H3,(H,36,44)(H,37,49)(H,38,48);/q-3;+3/b23-20+,24-21+,25-22+;. The van der Waals surface area contributed by atoms with E-state index in [9.17, 15) is 49.2 Å². The number of amides is 6. The number of ether oxygens (including phenoxy) is 1. The Morgan fingerprint density at radius 2 is 1.09 bits per heavy atom. The Hall–Kier alpha value is -4.17. The van der Waals surface area contributed by atoms with Gasteiger partial charge in [-0.2, -0.15) is 0 Å². The number of carbonyl (C=O) groups excluding carboxylic acids is 7. The van der Waals surface area contributed by atoms with E-state index in [1.165, 1.54) is 6.92 Å². The molecule has 1 aliphatic heterocycles. The van der Waals surface area contributed by atoms with Crippen LogP contribution >= 0.6 is 0 Å². The Morgan fingerprint density at radius 1 is 0.709 bits per heavy atom. The van der Waals surface area contributed by atoms with Gasteiger partial charge in [0.15, 0.2) is 0 Å². The number of piperazine rings is 1. The maximum Gasteiger partial charge on any atom is 3.00 e. The van der Waals surface area contributed by atoms with Crippen LogP contribution in [-0.2, 0) is 55.4 Å². The number of hydrogen-bond acceptors (Lipinski definition) is 13. The van der Waals surface area contributed by atoms with E-state index in [2.05, 4.69) is 16.0 Å². The fourth-order valence-corrected chi connectivity index (χ4v) is 5.05. The summed E-state index contributed by atoms with van der Waals surface area (Å²) in [5.74, 6) is -4.75. The summed E-state index contributed by atoms with van der Waals surface area (Å²) in [5.41, 5.74) is 1.50. The van der Waals surface area contributed by atoms with Gasteiger partial charge < -0.3 is 61.7 Å². The molecule has 5 N–H and O–H groups in total. The van der Waals surface area contributed by atoms with Crippen LogP contribution in [0.15, 0.2) is 34.9 Å². The third-order valence-electron chi connectivity index (χ3n) is 8.09. The van der Waals surface area contributed by atoms with Crippen molar-refractivity contribution in [3.8, 4) is 0 Å². The van der Waals surface area contributed by atoms with E-state index in [-0.39, 0.29) is 130 Å². The second-order valence-corrected chi connectivity index (χ2v) is 13.0. The van der Waals surface area contributed by atoms with Crippen molar-refractivity contribution in [2.75, 3.05) is 39.5 Å². The van der Waals surface area contributed by atoms with Crippen molar-refractivity contribution in [3.05, 3.63) is 50.6 Å². The molecule has 1 saturated heterocycles. The zero-order valence-corrected chi connectivity index (χ0v) is 32.8. The summed E-state index contributed by atoms with van der Waals surface area (Å²) in [6, 6.07) is -2.94. The molecule has 20 heteroatoms. The first kappa shape index (κ1) is 50.8. The molecule has 55 heavy (non-hydrogen) atoms. The number of hydrogen-bond donors (Lipinski definition) is 5. The molecule has 3 atom stereocenters. The van der Waals surface area contributed by atoms with Gasteiger partial charge >= 0.3 is 23.0 Å². The molecule has 1 radical (unpaired) electrons. The molecule has 1 rings (SSSR count). The summed E-state index contributed by atoms with van der Waals surface area (Å²) in [6.07, 6.45) is 4.40. The number of rotatable bonds is 24. The molecule has 1 fully saturated rings. The quantitative estimate of drug-likeness (QED) is 0.0380. The second-order valence-electron chi connectivity index (χ2n) is 13.0. The zero-order chi connectivity index (χ0) is 40.8. The first-order valence-corrected chi connectivity index (χ1v) is 17.7. The fourth-order valence-electron chi connectivity index (χ4n) is 5.05. The number of carbonyl (C=O) groups is 7. The number of nitrogens with zero attached hydrogens (tertiary/aromatic N) is 3. The normalized spacial score (nSPS) is 16.6. The molecule has 3 unspecified atom stereocenters. The van der Waals surface area contributed by atoms with Gasteiger partial charge in [-0.05, 0) is 72.1 Å². The van der Waals surface area contributed by atoms with Gasteiger partial charge in [-0.25, -0.2) is 4.79 Å². The van der Waals surface area contributed by atoms with Gasteiger partial charge in [0.1, 0.15) is 18.1 Å². The molecule has 0 saturated carbocycles. The molecule has 0 aliphatic carbocycles. The van der Waals surface area contributed by atoms with Crippen LogP contribution in [0.1, 0.15) is 85.5 Å². The van der Waals surface area contributed by atoms with Crippen LogP contribution in [0.3, 0.4) is 0 Å². The Labute approximate surface area is 331 Å². The molecule has 0 spiro atoms. The van der Waals surface area contributed by atoms with Gasteiger partial charge in [0.2, 0.25) is 35.4 Å². The van der Waals surface area contributed by atoms with Gasteiger partial charge in [0.05, 0.1) is 6.61 Å². The van der Waals surface area contributed by atoms with Crippen molar-refractivity contribution in [1.29, 1.82) is 0 Å². The van der Waals surface area contributed by atoms with Gasteiger partial charge in [0.25, 0.3) is 0 Å². The maximum absolute atomic E-state index is 12.6. The van der Waals surface area contributed by atoms with Crippen molar-refractivity contribution < 1.29 is 65.6 Å². The average Bonchev–Trinajstić information content (AvgIpc) is 3.09. The Balaban J connectivity index is 0.0000292.